The van der Waals surface area contributed by atoms with E-state index in [9.17, 15) is 9.59 Å². The first kappa shape index (κ1) is 15.3. The first-order valence-corrected chi connectivity index (χ1v) is 6.86. The molecule has 6 nitrogen and oxygen atoms in total. The van der Waals surface area contributed by atoms with Gasteiger partial charge < -0.3 is 14.4 Å². The van der Waals surface area contributed by atoms with Crippen LogP contribution in [0.15, 0.2) is 18.2 Å². The number of fused-ring (bicyclic) bond motifs is 1. The van der Waals surface area contributed by atoms with Gasteiger partial charge in [0, 0.05) is 19.7 Å². The lowest BCUT2D eigenvalue weighted by molar-refractivity contribution is -0.129. The molecular weight excluding hydrogens is 272 g/mol. The van der Waals surface area contributed by atoms with E-state index in [0.717, 1.165) is 0 Å². The number of ketones is 1. The minimum atomic E-state index is -0.0401. The standard InChI is InChI=1S/C15H20N2O4/c1-4-17(9-15(19)16(2)3)8-12(18)11-5-6-13-14(7-11)21-10-20-13/h5-7H,4,8-10H2,1-3H3. The van der Waals surface area contributed by atoms with Crippen molar-refractivity contribution in [3.8, 4) is 11.5 Å². The molecule has 1 aliphatic heterocycles. The highest BCUT2D eigenvalue weighted by atomic mass is 16.7. The Labute approximate surface area is 124 Å². The lowest BCUT2D eigenvalue weighted by atomic mass is 10.1. The molecule has 6 heteroatoms. The van der Waals surface area contributed by atoms with Crippen molar-refractivity contribution in [3.63, 3.8) is 0 Å². The van der Waals surface area contributed by atoms with E-state index in [0.29, 0.717) is 23.6 Å². The summed E-state index contributed by atoms with van der Waals surface area (Å²) in [5.41, 5.74) is 0.565. The third-order valence-electron chi connectivity index (χ3n) is 3.37. The molecule has 0 radical (unpaired) electrons. The van der Waals surface area contributed by atoms with Gasteiger partial charge in [0.15, 0.2) is 17.3 Å². The molecule has 1 heterocycles. The molecule has 1 aliphatic rings. The maximum Gasteiger partial charge on any atom is 0.236 e. The number of Topliss-reactive ketones (excluding diaryl/α,β-unsaturated/α-hetero) is 1. The number of rotatable bonds is 6. The summed E-state index contributed by atoms with van der Waals surface area (Å²) in [5, 5.41) is 0. The van der Waals surface area contributed by atoms with Gasteiger partial charge in [0.05, 0.1) is 13.1 Å². The van der Waals surface area contributed by atoms with Gasteiger partial charge in [0.2, 0.25) is 12.7 Å². The van der Waals surface area contributed by atoms with E-state index in [1.807, 2.05) is 11.8 Å². The first-order valence-electron chi connectivity index (χ1n) is 6.86. The fourth-order valence-corrected chi connectivity index (χ4v) is 1.98. The van der Waals surface area contributed by atoms with Crippen LogP contribution >= 0.6 is 0 Å². The Hall–Kier alpha value is -2.08. The Balaban J connectivity index is 2.01. The van der Waals surface area contributed by atoms with Crippen molar-refractivity contribution in [2.24, 2.45) is 0 Å². The van der Waals surface area contributed by atoms with Crippen molar-refractivity contribution in [3.05, 3.63) is 23.8 Å². The molecule has 0 bridgehead atoms. The molecule has 0 saturated heterocycles. The van der Waals surface area contributed by atoms with Crippen LogP contribution in [0.4, 0.5) is 0 Å². The fourth-order valence-electron chi connectivity index (χ4n) is 1.98. The van der Waals surface area contributed by atoms with Gasteiger partial charge in [-0.25, -0.2) is 0 Å². The highest BCUT2D eigenvalue weighted by Crippen LogP contribution is 2.32. The Bertz CT molecular complexity index is 542. The van der Waals surface area contributed by atoms with Crippen LogP contribution < -0.4 is 9.47 Å². The highest BCUT2D eigenvalue weighted by Gasteiger charge is 2.19. The van der Waals surface area contributed by atoms with Crippen LogP contribution in [-0.2, 0) is 4.79 Å². The van der Waals surface area contributed by atoms with Crippen molar-refractivity contribution >= 4 is 11.7 Å². The van der Waals surface area contributed by atoms with Crippen LogP contribution in [0.25, 0.3) is 0 Å². The smallest absolute Gasteiger partial charge is 0.236 e. The highest BCUT2D eigenvalue weighted by molar-refractivity contribution is 5.98. The zero-order valence-corrected chi connectivity index (χ0v) is 12.6. The Morgan fingerprint density at radius 2 is 1.86 bits per heavy atom. The van der Waals surface area contributed by atoms with Crippen LogP contribution in [0, 0.1) is 0 Å². The summed E-state index contributed by atoms with van der Waals surface area (Å²) in [4.78, 5) is 27.4. The quantitative estimate of drug-likeness (QED) is 0.732. The zero-order chi connectivity index (χ0) is 15.4. The van der Waals surface area contributed by atoms with Gasteiger partial charge in [-0.1, -0.05) is 6.92 Å². The van der Waals surface area contributed by atoms with Crippen molar-refractivity contribution in [1.82, 2.24) is 9.80 Å². The molecular formula is C15H20N2O4. The topological polar surface area (TPSA) is 59.1 Å². The molecule has 0 saturated carbocycles. The van der Waals surface area contributed by atoms with Crippen LogP contribution in [0.5, 0.6) is 11.5 Å². The minimum absolute atomic E-state index is 0.0182. The number of likely N-dealkylation sites (N-methyl/N-ethyl adjacent to an activating group) is 2. The van der Waals surface area contributed by atoms with E-state index in [-0.39, 0.29) is 31.6 Å². The number of hydrogen-bond acceptors (Lipinski definition) is 5. The first-order chi connectivity index (χ1) is 10.0. The number of hydrogen-bond donors (Lipinski definition) is 0. The van der Waals surface area contributed by atoms with Gasteiger partial charge in [-0.2, -0.15) is 0 Å². The second-order valence-electron chi connectivity index (χ2n) is 5.08. The maximum absolute atomic E-state index is 12.3. The zero-order valence-electron chi connectivity index (χ0n) is 12.6. The summed E-state index contributed by atoms with van der Waals surface area (Å²) < 4.78 is 10.5. The summed E-state index contributed by atoms with van der Waals surface area (Å²) in [6, 6.07) is 5.14. The molecule has 0 aliphatic carbocycles. The molecule has 2 rings (SSSR count). The summed E-state index contributed by atoms with van der Waals surface area (Å²) in [7, 11) is 3.41. The summed E-state index contributed by atoms with van der Waals surface area (Å²) >= 11 is 0. The third kappa shape index (κ3) is 3.72. The normalized spacial score (nSPS) is 12.6. The lowest BCUT2D eigenvalue weighted by Crippen LogP contribution is -2.39. The third-order valence-corrected chi connectivity index (χ3v) is 3.37. The van der Waals surface area contributed by atoms with E-state index in [1.54, 1.807) is 32.3 Å². The van der Waals surface area contributed by atoms with Crippen molar-refractivity contribution in [2.45, 2.75) is 6.92 Å². The second kappa shape index (κ2) is 6.58. The monoisotopic (exact) mass is 292 g/mol. The maximum atomic E-state index is 12.3. The predicted octanol–water partition coefficient (Wildman–Crippen LogP) is 1.01. The van der Waals surface area contributed by atoms with Gasteiger partial charge in [-0.3, -0.25) is 14.5 Å². The van der Waals surface area contributed by atoms with E-state index >= 15 is 0 Å². The van der Waals surface area contributed by atoms with E-state index in [1.165, 1.54) is 4.90 Å². The average molecular weight is 292 g/mol. The minimum Gasteiger partial charge on any atom is -0.454 e. The van der Waals surface area contributed by atoms with E-state index < -0.39 is 0 Å². The molecule has 1 amide bonds. The molecule has 1 aromatic rings. The van der Waals surface area contributed by atoms with Gasteiger partial charge in [0.1, 0.15) is 0 Å². The molecule has 21 heavy (non-hydrogen) atoms. The number of nitrogens with zero attached hydrogens (tertiary/aromatic N) is 2. The Kier molecular flexibility index (Phi) is 4.80. The molecule has 0 N–H and O–H groups in total. The van der Waals surface area contributed by atoms with Crippen LogP contribution in [-0.4, -0.2) is 62.0 Å². The Morgan fingerprint density at radius 1 is 1.14 bits per heavy atom. The van der Waals surface area contributed by atoms with Gasteiger partial charge in [-0.05, 0) is 24.7 Å². The van der Waals surface area contributed by atoms with Gasteiger partial charge >= 0.3 is 0 Å². The molecule has 0 atom stereocenters. The number of carbonyl (C=O) groups excluding carboxylic acids is 2. The largest absolute Gasteiger partial charge is 0.454 e. The second-order valence-corrected chi connectivity index (χ2v) is 5.08. The number of benzene rings is 1. The van der Waals surface area contributed by atoms with E-state index in [4.69, 9.17) is 9.47 Å². The van der Waals surface area contributed by atoms with Crippen molar-refractivity contribution in [2.75, 3.05) is 40.5 Å². The van der Waals surface area contributed by atoms with Gasteiger partial charge in [-0.15, -0.1) is 0 Å². The molecule has 0 unspecified atom stereocenters. The van der Waals surface area contributed by atoms with Crippen LogP contribution in [0.2, 0.25) is 0 Å². The lowest BCUT2D eigenvalue weighted by Gasteiger charge is -2.21. The molecule has 0 fully saturated rings. The summed E-state index contributed by atoms with van der Waals surface area (Å²) in [6.45, 7) is 3.19. The molecule has 0 spiro atoms. The molecule has 114 valence electrons. The van der Waals surface area contributed by atoms with Crippen LogP contribution in [0.3, 0.4) is 0 Å². The molecule has 1 aromatic carbocycles. The average Bonchev–Trinajstić information content (AvgIpc) is 2.93. The van der Waals surface area contributed by atoms with E-state index in [2.05, 4.69) is 0 Å². The SMILES string of the molecule is CCN(CC(=O)c1ccc2c(c1)OCO2)CC(=O)N(C)C. The Morgan fingerprint density at radius 3 is 2.52 bits per heavy atom. The number of amides is 1. The fraction of sp³-hybridized carbons (Fsp3) is 0.467. The summed E-state index contributed by atoms with van der Waals surface area (Å²) in [6.07, 6.45) is 0. The number of carbonyl (C=O) groups is 2. The molecule has 0 aromatic heterocycles. The predicted molar refractivity (Wildman–Crippen MR) is 77.7 cm³/mol. The van der Waals surface area contributed by atoms with Gasteiger partial charge in [0.25, 0.3) is 0 Å². The van der Waals surface area contributed by atoms with Crippen molar-refractivity contribution in [1.29, 1.82) is 0 Å². The number of ether oxygens (including phenoxy) is 2. The van der Waals surface area contributed by atoms with Crippen molar-refractivity contribution < 1.29 is 19.1 Å². The summed E-state index contributed by atoms with van der Waals surface area (Å²) in [5.74, 6) is 1.19. The van der Waals surface area contributed by atoms with Crippen LogP contribution in [0.1, 0.15) is 17.3 Å².